The van der Waals surface area contributed by atoms with Crippen LogP contribution in [0.25, 0.3) is 0 Å². The minimum absolute atomic E-state index is 0.0415. The van der Waals surface area contributed by atoms with E-state index in [1.807, 2.05) is 123 Å². The Labute approximate surface area is 851 Å². The number of nitrogens with one attached hydrogen (secondary N) is 4. The monoisotopic (exact) mass is 2060 g/mol. The lowest BCUT2D eigenvalue weighted by Crippen LogP contribution is -2.53. The first kappa shape index (κ1) is 103. The van der Waals surface area contributed by atoms with E-state index >= 15 is 0 Å². The number of benzene rings is 6. The maximum atomic E-state index is 14.1. The van der Waals surface area contributed by atoms with Gasteiger partial charge in [-0.2, -0.15) is 0 Å². The van der Waals surface area contributed by atoms with Gasteiger partial charge in [0.25, 0.3) is 0 Å². The lowest BCUT2D eigenvalue weighted by molar-refractivity contribution is -0.137. The molecule has 5 N–H and O–H groups in total. The number of carbonyl (C=O) groups is 10. The van der Waals surface area contributed by atoms with Crippen LogP contribution in [0.3, 0.4) is 0 Å². The van der Waals surface area contributed by atoms with Gasteiger partial charge in [0.1, 0.15) is 46.9 Å². The number of ketones is 2. The Bertz CT molecular complexity index is 6550. The maximum Gasteiger partial charge on any atom is 0.408 e. The molecule has 7 amide bonds. The van der Waals surface area contributed by atoms with Gasteiger partial charge in [0.05, 0.1) is 62.2 Å². The third-order valence-corrected chi connectivity index (χ3v) is 29.1. The van der Waals surface area contributed by atoms with Crippen molar-refractivity contribution in [3.63, 3.8) is 0 Å². The van der Waals surface area contributed by atoms with Crippen LogP contribution in [-0.4, -0.2) is 270 Å². The Hall–Kier alpha value is -13.3. The average molecular weight is 2070 g/mol. The number of Topliss-reactive ketones (excluding diaryl/α,β-unsaturated/α-hetero) is 2. The SMILES string of the molecule is COC(=O)C1=C(CN2CCN3C(=O)N(c4ccc(CCC(=O)O)cc4)C[C@@H]3C2)NC(c2nccs2)=N[C@H]1c1ccccc1Cl.COC(=O)C1=C(CN2CCN3C(=O)N(c4cccc(C(CC(C)=O)NC(=O)OC(C)(C)C)c4)C[C@@H]3C2)NC(c2nccs2)=N[C@H]1c1ccc(F)cc1Cl.COC(=O)C1=C(CN2CCN3C(=O)N(c4cccc(CC(C)C(C)=O)c4)C[C@@H]3C2)NC(c2nccs2)=N[C@H]1c1ccc(F)cc1Cl. The summed E-state index contributed by atoms with van der Waals surface area (Å²) in [4.78, 5) is 173. The van der Waals surface area contributed by atoms with Crippen molar-refractivity contribution in [1.82, 2.24) is 65.6 Å². The molecule has 748 valence electrons. The zero-order valence-corrected chi connectivity index (χ0v) is 84.4. The summed E-state index contributed by atoms with van der Waals surface area (Å²) in [5.41, 5.74) is 8.41. The molecule has 18 rings (SSSR count). The van der Waals surface area contributed by atoms with Crippen LogP contribution in [0.4, 0.5) is 45.0 Å². The highest BCUT2D eigenvalue weighted by Gasteiger charge is 2.48. The first-order valence-electron chi connectivity index (χ1n) is 46.4. The Morgan fingerprint density at radius 3 is 1.29 bits per heavy atom. The molecule has 9 aromatic rings. The molecule has 34 nitrogen and oxygen atoms in total. The van der Waals surface area contributed by atoms with Crippen molar-refractivity contribution in [3.05, 3.63) is 277 Å². The molecular weight excluding hydrogens is 1960 g/mol. The fourth-order valence-electron chi connectivity index (χ4n) is 18.8. The fraction of sp³-hybridized carbons (Fsp3) is 0.366. The number of carbonyl (C=O) groups excluding carboxylic acids is 9. The van der Waals surface area contributed by atoms with Crippen LogP contribution in [0.2, 0.25) is 15.1 Å². The van der Waals surface area contributed by atoms with Crippen LogP contribution in [-0.2, 0) is 60.6 Å². The number of rotatable bonds is 28. The van der Waals surface area contributed by atoms with Gasteiger partial charge >= 0.3 is 48.1 Å². The summed E-state index contributed by atoms with van der Waals surface area (Å²) >= 11 is 23.8. The fourth-order valence-corrected chi connectivity index (χ4v) is 21.3. The lowest BCUT2D eigenvalue weighted by Gasteiger charge is -2.38. The van der Waals surface area contributed by atoms with E-state index in [-0.39, 0.29) is 87.7 Å². The third kappa shape index (κ3) is 24.0. The molecule has 0 radical (unpaired) electrons. The van der Waals surface area contributed by atoms with Gasteiger partial charge in [0.2, 0.25) is 0 Å². The van der Waals surface area contributed by atoms with E-state index < -0.39 is 71.4 Å². The van der Waals surface area contributed by atoms with Crippen molar-refractivity contribution in [3.8, 4) is 0 Å². The number of carboxylic acids is 1. The number of piperazine rings is 3. The number of hydrogen-bond acceptors (Lipinski definition) is 29. The van der Waals surface area contributed by atoms with Gasteiger partial charge in [-0.25, -0.2) is 57.3 Å². The highest BCUT2D eigenvalue weighted by Crippen LogP contribution is 2.43. The number of anilines is 3. The number of carboxylic acid groups (broad SMARTS) is 1. The Balaban J connectivity index is 0.000000155. The molecular formula is C101H106Cl3F2N19O15S3. The van der Waals surface area contributed by atoms with Crippen molar-refractivity contribution >= 4 is 163 Å². The smallest absolute Gasteiger partial charge is 0.408 e. The zero-order chi connectivity index (χ0) is 101. The molecule has 42 heteroatoms. The van der Waals surface area contributed by atoms with E-state index in [2.05, 4.69) is 50.9 Å². The number of aliphatic carboxylic acids is 1. The third-order valence-electron chi connectivity index (χ3n) is 25.8. The van der Waals surface area contributed by atoms with E-state index in [0.29, 0.717) is 199 Å². The molecule has 2 unspecified atom stereocenters. The zero-order valence-electron chi connectivity index (χ0n) is 79.7. The number of hydrogen-bond donors (Lipinski definition) is 5. The average Bonchev–Trinajstić information content (AvgIpc) is 1.49. The molecule has 8 atom stereocenters. The van der Waals surface area contributed by atoms with Gasteiger partial charge in [-0.1, -0.05) is 108 Å². The van der Waals surface area contributed by atoms with Crippen molar-refractivity contribution < 1.29 is 80.8 Å². The normalized spacial score (nSPS) is 20.2. The Morgan fingerprint density at radius 1 is 0.497 bits per heavy atom. The predicted molar refractivity (Wildman–Crippen MR) is 540 cm³/mol. The number of methoxy groups -OCH3 is 3. The van der Waals surface area contributed by atoms with Crippen LogP contribution in [0.1, 0.15) is 127 Å². The van der Waals surface area contributed by atoms with Crippen molar-refractivity contribution in [2.45, 2.75) is 115 Å². The van der Waals surface area contributed by atoms with Crippen LogP contribution < -0.4 is 36.0 Å². The molecule has 0 saturated carbocycles. The van der Waals surface area contributed by atoms with Crippen LogP contribution >= 0.6 is 68.8 Å². The van der Waals surface area contributed by atoms with Crippen molar-refractivity contribution in [2.75, 3.05) is 134 Å². The van der Waals surface area contributed by atoms with Gasteiger partial charge in [-0.15, -0.1) is 34.0 Å². The largest absolute Gasteiger partial charge is 0.481 e. The maximum absolute atomic E-state index is 14.1. The summed E-state index contributed by atoms with van der Waals surface area (Å²) in [5.74, 6) is -2.12. The number of aromatic nitrogens is 3. The second-order valence-electron chi connectivity index (χ2n) is 36.6. The molecule has 6 aromatic carbocycles. The van der Waals surface area contributed by atoms with E-state index in [4.69, 9.17) is 73.8 Å². The second kappa shape index (κ2) is 45.1. The molecule has 0 bridgehead atoms. The number of esters is 3. The molecule has 3 aromatic heterocycles. The summed E-state index contributed by atoms with van der Waals surface area (Å²) in [6.07, 6.45) is 5.57. The van der Waals surface area contributed by atoms with E-state index in [9.17, 15) is 56.7 Å². The summed E-state index contributed by atoms with van der Waals surface area (Å²) in [5, 5.41) is 30.0. The molecule has 9 aliphatic heterocycles. The number of thiazole rings is 3. The first-order chi connectivity index (χ1) is 68.6. The van der Waals surface area contributed by atoms with Crippen molar-refractivity contribution in [1.29, 1.82) is 0 Å². The Kier molecular flexibility index (Phi) is 32.4. The molecule has 0 spiro atoms. The van der Waals surface area contributed by atoms with E-state index in [0.717, 1.165) is 22.5 Å². The number of amidine groups is 3. The minimum atomic E-state index is -0.889. The number of halogens is 5. The second-order valence-corrected chi connectivity index (χ2v) is 40.5. The number of alkyl carbamates (subject to hydrolysis) is 1. The highest BCUT2D eigenvalue weighted by molar-refractivity contribution is 7.12. The van der Waals surface area contributed by atoms with Crippen LogP contribution in [0.5, 0.6) is 0 Å². The molecule has 6 saturated heterocycles. The topological polar surface area (TPSA) is 381 Å². The molecule has 143 heavy (non-hydrogen) atoms. The molecule has 6 fully saturated rings. The quantitative estimate of drug-likeness (QED) is 0.0225. The summed E-state index contributed by atoms with van der Waals surface area (Å²) in [7, 11) is 3.95. The number of aliphatic imine (C=N–C) groups is 3. The van der Waals surface area contributed by atoms with E-state index in [1.54, 1.807) is 73.1 Å². The van der Waals surface area contributed by atoms with Gasteiger partial charge in [-0.05, 0) is 131 Å². The number of nitrogens with zero attached hydrogens (tertiary/aromatic N) is 15. The minimum Gasteiger partial charge on any atom is -0.481 e. The van der Waals surface area contributed by atoms with Gasteiger partial charge < -0.3 is 60.0 Å². The summed E-state index contributed by atoms with van der Waals surface area (Å²) in [6, 6.07) is 34.3. The first-order valence-corrected chi connectivity index (χ1v) is 50.2. The number of ether oxygens (including phenoxy) is 4. The van der Waals surface area contributed by atoms with Crippen LogP contribution in [0, 0.1) is 17.6 Å². The number of amides is 7. The predicted octanol–water partition coefficient (Wildman–Crippen LogP) is 14.4. The van der Waals surface area contributed by atoms with Crippen LogP contribution in [0.15, 0.2) is 217 Å². The number of fused-ring (bicyclic) bond motifs is 3. The highest BCUT2D eigenvalue weighted by atomic mass is 35.5. The van der Waals surface area contributed by atoms with Gasteiger partial charge in [0.15, 0.2) is 32.5 Å². The summed E-state index contributed by atoms with van der Waals surface area (Å²) in [6.45, 7) is 17.6. The lowest BCUT2D eigenvalue weighted by atomic mass is 9.95. The van der Waals surface area contributed by atoms with Gasteiger partial charge in [-0.3, -0.25) is 58.8 Å². The van der Waals surface area contributed by atoms with Crippen molar-refractivity contribution in [2.24, 2.45) is 20.9 Å². The standard InChI is InChI=1S/C37H41ClFN7O6S.C33H34ClFN6O4S.C31H31ClN6O5S/c1-21(47)15-28(42-35(49)52-37(2,3)4)22-7-6-8-24(16-22)46-19-25-18-44(12-13-45(25)36(46)50)20-29-30(34(48)51-5)31(26-10-9-23(39)17-27(26)38)43-32(41-29)33-40-11-14-53-33;1-19(20(2)42)13-21-5-4-6-23(14-21)41-17-24-16-39(10-11-40(24)33(41)44)18-27-28(32(43)45-3)29(25-8-7-22(35)15-26(25)34)38-30(37-27)31-36-9-12-46-31;1-43-30(41)26-24(34-28(29-33-12-15-44-29)35-27(26)22-4-2-3-5-23(22)32)18-36-13-14-37-21(16-36)17-38(31(37)42)20-9-6-19(7-10-20)8-11-25(39)40/h6-11,14,16-17,25,28,31H,12-13,15,18-20H2,1-5H3,(H,41,43)(H,42,49);4-9,12,14-15,19,24,29H,10-11,13,16-18H2,1-3H3,(H,37,38);2-7,9-10,12,15,21,27H,8,11,13-14,16-18H2,1H3,(H,34,35)(H,39,40)/t25-,28?,31-;19?,24-,29-;21-,27-/m000/s1. The summed E-state index contributed by atoms with van der Waals surface area (Å²) < 4.78 is 49.2. The number of urea groups is 3. The van der Waals surface area contributed by atoms with Gasteiger partial charge in [0, 0.05) is 218 Å². The number of aryl methyl sites for hydroxylation is 1. The van der Waals surface area contributed by atoms with E-state index in [1.165, 1.54) is 98.7 Å². The molecule has 0 aliphatic carbocycles. The molecule has 9 aliphatic rings. The molecule has 12 heterocycles. The Morgan fingerprint density at radius 2 is 0.909 bits per heavy atom.